The SMILES string of the molecule is CCN(CC1CCCO1)C(=O)NCc1ccccc1-n1cccn1. The summed E-state index contributed by atoms with van der Waals surface area (Å²) in [7, 11) is 0. The summed E-state index contributed by atoms with van der Waals surface area (Å²) in [5.41, 5.74) is 2.01. The van der Waals surface area contributed by atoms with Crippen LogP contribution in [0.5, 0.6) is 0 Å². The number of hydrogen-bond acceptors (Lipinski definition) is 3. The number of nitrogens with zero attached hydrogens (tertiary/aromatic N) is 3. The Bertz CT molecular complexity index is 651. The van der Waals surface area contributed by atoms with Gasteiger partial charge in [0.05, 0.1) is 11.8 Å². The number of para-hydroxylation sites is 1. The Balaban J connectivity index is 1.61. The fourth-order valence-electron chi connectivity index (χ4n) is 2.97. The highest BCUT2D eigenvalue weighted by Crippen LogP contribution is 2.15. The first-order valence-corrected chi connectivity index (χ1v) is 8.50. The molecule has 1 N–H and O–H groups in total. The van der Waals surface area contributed by atoms with Gasteiger partial charge in [-0.05, 0) is 37.5 Å². The molecule has 24 heavy (non-hydrogen) atoms. The van der Waals surface area contributed by atoms with Gasteiger partial charge in [-0.1, -0.05) is 18.2 Å². The van der Waals surface area contributed by atoms with Crippen molar-refractivity contribution in [2.75, 3.05) is 19.7 Å². The van der Waals surface area contributed by atoms with E-state index < -0.39 is 0 Å². The molecule has 6 heteroatoms. The number of hydrogen-bond donors (Lipinski definition) is 1. The van der Waals surface area contributed by atoms with Gasteiger partial charge in [0.25, 0.3) is 0 Å². The molecule has 0 saturated carbocycles. The van der Waals surface area contributed by atoms with E-state index in [2.05, 4.69) is 10.4 Å². The molecule has 0 spiro atoms. The minimum Gasteiger partial charge on any atom is -0.376 e. The van der Waals surface area contributed by atoms with E-state index in [0.717, 1.165) is 30.7 Å². The Labute approximate surface area is 142 Å². The Hall–Kier alpha value is -2.34. The molecule has 2 heterocycles. The monoisotopic (exact) mass is 328 g/mol. The van der Waals surface area contributed by atoms with Crippen LogP contribution in [-0.4, -0.2) is 46.5 Å². The molecule has 2 amide bonds. The zero-order valence-corrected chi connectivity index (χ0v) is 14.0. The smallest absolute Gasteiger partial charge is 0.317 e. The summed E-state index contributed by atoms with van der Waals surface area (Å²) in [6, 6.07) is 9.78. The van der Waals surface area contributed by atoms with Gasteiger partial charge in [0.1, 0.15) is 0 Å². The van der Waals surface area contributed by atoms with Gasteiger partial charge < -0.3 is 15.0 Å². The van der Waals surface area contributed by atoms with Crippen LogP contribution in [-0.2, 0) is 11.3 Å². The van der Waals surface area contributed by atoms with Gasteiger partial charge in [0.2, 0.25) is 0 Å². The Morgan fingerprint density at radius 3 is 3.00 bits per heavy atom. The highest BCUT2D eigenvalue weighted by atomic mass is 16.5. The van der Waals surface area contributed by atoms with Gasteiger partial charge in [-0.2, -0.15) is 5.10 Å². The van der Waals surface area contributed by atoms with Crippen molar-refractivity contribution >= 4 is 6.03 Å². The number of aromatic nitrogens is 2. The quantitative estimate of drug-likeness (QED) is 0.887. The van der Waals surface area contributed by atoms with Crippen LogP contribution in [0.3, 0.4) is 0 Å². The third-order valence-corrected chi connectivity index (χ3v) is 4.29. The molecule has 1 aromatic carbocycles. The maximum absolute atomic E-state index is 12.5. The molecule has 3 rings (SSSR count). The predicted octanol–water partition coefficient (Wildman–Crippen LogP) is 2.58. The van der Waals surface area contributed by atoms with E-state index >= 15 is 0 Å². The topological polar surface area (TPSA) is 59.4 Å². The molecule has 2 aromatic rings. The molecule has 1 saturated heterocycles. The summed E-state index contributed by atoms with van der Waals surface area (Å²) < 4.78 is 7.44. The average Bonchev–Trinajstić information content (AvgIpc) is 3.31. The highest BCUT2D eigenvalue weighted by molar-refractivity contribution is 5.74. The lowest BCUT2D eigenvalue weighted by atomic mass is 10.2. The Morgan fingerprint density at radius 1 is 1.42 bits per heavy atom. The summed E-state index contributed by atoms with van der Waals surface area (Å²) in [5, 5.41) is 7.29. The van der Waals surface area contributed by atoms with Crippen molar-refractivity contribution in [1.82, 2.24) is 20.0 Å². The number of urea groups is 1. The van der Waals surface area contributed by atoms with Gasteiger partial charge in [0.15, 0.2) is 0 Å². The van der Waals surface area contributed by atoms with E-state index in [1.807, 2.05) is 53.0 Å². The van der Waals surface area contributed by atoms with Crippen LogP contribution in [0.25, 0.3) is 5.69 Å². The molecule has 1 aliphatic rings. The molecule has 1 atom stereocenters. The second kappa shape index (κ2) is 7.97. The largest absolute Gasteiger partial charge is 0.376 e. The molecular formula is C18H24N4O2. The Morgan fingerprint density at radius 2 is 2.29 bits per heavy atom. The summed E-state index contributed by atoms with van der Waals surface area (Å²) in [5.74, 6) is 0. The molecule has 0 radical (unpaired) electrons. The zero-order valence-electron chi connectivity index (χ0n) is 14.0. The van der Waals surface area contributed by atoms with Crippen LogP contribution in [0.4, 0.5) is 4.79 Å². The van der Waals surface area contributed by atoms with E-state index in [1.54, 1.807) is 6.20 Å². The third kappa shape index (κ3) is 3.94. The first-order valence-electron chi connectivity index (χ1n) is 8.50. The maximum atomic E-state index is 12.5. The van der Waals surface area contributed by atoms with Crippen LogP contribution in [0.1, 0.15) is 25.3 Å². The first kappa shape index (κ1) is 16.5. The second-order valence-corrected chi connectivity index (χ2v) is 5.91. The van der Waals surface area contributed by atoms with E-state index in [4.69, 9.17) is 4.74 Å². The van der Waals surface area contributed by atoms with Crippen molar-refractivity contribution in [3.05, 3.63) is 48.3 Å². The van der Waals surface area contributed by atoms with Crippen LogP contribution in [0.15, 0.2) is 42.7 Å². The number of ether oxygens (including phenoxy) is 1. The van der Waals surface area contributed by atoms with E-state index in [1.165, 1.54) is 0 Å². The molecule has 0 aliphatic carbocycles. The number of carbonyl (C=O) groups excluding carboxylic acids is 1. The molecule has 1 unspecified atom stereocenters. The lowest BCUT2D eigenvalue weighted by Crippen LogP contribution is -2.43. The van der Waals surface area contributed by atoms with E-state index in [-0.39, 0.29) is 12.1 Å². The second-order valence-electron chi connectivity index (χ2n) is 5.91. The summed E-state index contributed by atoms with van der Waals surface area (Å²) >= 11 is 0. The van der Waals surface area contributed by atoms with Crippen molar-refractivity contribution < 1.29 is 9.53 Å². The fraction of sp³-hybridized carbons (Fsp3) is 0.444. The first-order chi connectivity index (χ1) is 11.8. The summed E-state index contributed by atoms with van der Waals surface area (Å²) in [6.07, 6.45) is 5.94. The average molecular weight is 328 g/mol. The lowest BCUT2D eigenvalue weighted by molar-refractivity contribution is 0.0826. The van der Waals surface area contributed by atoms with Crippen molar-refractivity contribution in [3.8, 4) is 5.69 Å². The molecular weight excluding hydrogens is 304 g/mol. The van der Waals surface area contributed by atoms with Gasteiger partial charge in [-0.3, -0.25) is 0 Å². The van der Waals surface area contributed by atoms with Crippen molar-refractivity contribution in [2.45, 2.75) is 32.4 Å². The van der Waals surface area contributed by atoms with Gasteiger partial charge >= 0.3 is 6.03 Å². The summed E-state index contributed by atoms with van der Waals surface area (Å²) in [6.45, 7) is 4.60. The minimum absolute atomic E-state index is 0.0525. The standard InChI is InChI=1S/C18H24N4O2/c1-2-21(14-16-8-5-12-24-16)18(23)19-13-15-7-3-4-9-17(15)22-11-6-10-20-22/h3-4,6-7,9-11,16H,2,5,8,12-14H2,1H3,(H,19,23). The molecule has 1 aliphatic heterocycles. The van der Waals surface area contributed by atoms with E-state index in [0.29, 0.717) is 19.6 Å². The van der Waals surface area contributed by atoms with Crippen molar-refractivity contribution in [1.29, 1.82) is 0 Å². The van der Waals surface area contributed by atoms with Gasteiger partial charge in [0, 0.05) is 38.6 Å². The van der Waals surface area contributed by atoms with Gasteiger partial charge in [-0.25, -0.2) is 9.48 Å². The van der Waals surface area contributed by atoms with Crippen LogP contribution < -0.4 is 5.32 Å². The number of rotatable bonds is 6. The molecule has 6 nitrogen and oxygen atoms in total. The third-order valence-electron chi connectivity index (χ3n) is 4.29. The Kier molecular flexibility index (Phi) is 5.48. The molecule has 0 bridgehead atoms. The summed E-state index contributed by atoms with van der Waals surface area (Å²) in [4.78, 5) is 14.3. The van der Waals surface area contributed by atoms with Crippen LogP contribution in [0, 0.1) is 0 Å². The van der Waals surface area contributed by atoms with E-state index in [9.17, 15) is 4.79 Å². The van der Waals surface area contributed by atoms with Crippen LogP contribution >= 0.6 is 0 Å². The molecule has 1 fully saturated rings. The number of carbonyl (C=O) groups is 1. The zero-order chi connectivity index (χ0) is 16.8. The number of amides is 2. The van der Waals surface area contributed by atoms with Crippen LogP contribution in [0.2, 0.25) is 0 Å². The minimum atomic E-state index is -0.0525. The lowest BCUT2D eigenvalue weighted by Gasteiger charge is -2.24. The fourth-order valence-corrected chi connectivity index (χ4v) is 2.97. The van der Waals surface area contributed by atoms with Crippen molar-refractivity contribution in [2.24, 2.45) is 0 Å². The number of likely N-dealkylation sites (N-methyl/N-ethyl adjacent to an activating group) is 1. The highest BCUT2D eigenvalue weighted by Gasteiger charge is 2.21. The number of nitrogens with one attached hydrogen (secondary N) is 1. The molecule has 128 valence electrons. The maximum Gasteiger partial charge on any atom is 0.317 e. The van der Waals surface area contributed by atoms with Crippen molar-refractivity contribution in [3.63, 3.8) is 0 Å². The van der Waals surface area contributed by atoms with Gasteiger partial charge in [-0.15, -0.1) is 0 Å². The number of benzene rings is 1. The molecule has 1 aromatic heterocycles. The predicted molar refractivity (Wildman–Crippen MR) is 92.0 cm³/mol. The normalized spacial score (nSPS) is 17.0.